The van der Waals surface area contributed by atoms with Crippen LogP contribution >= 0.6 is 11.3 Å². The number of H-pyrrole nitrogens is 1. The number of fused-ring (bicyclic) bond motifs is 1. The van der Waals surface area contributed by atoms with E-state index in [1.165, 1.54) is 15.0 Å². The van der Waals surface area contributed by atoms with Gasteiger partial charge >= 0.3 is 0 Å². The summed E-state index contributed by atoms with van der Waals surface area (Å²) in [6.45, 7) is 2.16. The van der Waals surface area contributed by atoms with E-state index in [9.17, 15) is 0 Å². The van der Waals surface area contributed by atoms with Crippen molar-refractivity contribution in [3.63, 3.8) is 0 Å². The molecule has 0 bridgehead atoms. The molecule has 1 aromatic carbocycles. The first-order chi connectivity index (χ1) is 8.33. The Morgan fingerprint density at radius 1 is 1.35 bits per heavy atom. The molecule has 86 valence electrons. The summed E-state index contributed by atoms with van der Waals surface area (Å²) in [5.41, 5.74) is 1.02. The third kappa shape index (κ3) is 2.03. The molecule has 0 aliphatic carbocycles. The molecule has 3 nitrogen and oxygen atoms in total. The van der Waals surface area contributed by atoms with Crippen LogP contribution in [-0.2, 0) is 0 Å². The third-order valence-corrected chi connectivity index (χ3v) is 4.05. The highest BCUT2D eigenvalue weighted by Crippen LogP contribution is 2.31. The number of aromatic amines is 1. The molecule has 2 N–H and O–H groups in total. The summed E-state index contributed by atoms with van der Waals surface area (Å²) in [6.07, 6.45) is 3.66. The van der Waals surface area contributed by atoms with Crippen LogP contribution in [0.3, 0.4) is 0 Å². The fourth-order valence-electron chi connectivity index (χ4n) is 1.87. The lowest BCUT2D eigenvalue weighted by Gasteiger charge is -2.10. The van der Waals surface area contributed by atoms with Crippen molar-refractivity contribution in [2.24, 2.45) is 0 Å². The first kappa shape index (κ1) is 10.4. The molecule has 0 fully saturated rings. The Bertz CT molecular complexity index is 579. The molecular formula is C13H13N3S. The minimum atomic E-state index is 0.296. The van der Waals surface area contributed by atoms with Crippen LogP contribution in [0.15, 0.2) is 42.7 Å². The van der Waals surface area contributed by atoms with Crippen LogP contribution in [0.25, 0.3) is 10.1 Å². The molecule has 0 amide bonds. The highest BCUT2D eigenvalue weighted by atomic mass is 32.1. The van der Waals surface area contributed by atoms with Gasteiger partial charge in [-0.25, -0.2) is 0 Å². The summed E-state index contributed by atoms with van der Waals surface area (Å²) in [5, 5.41) is 11.5. The average molecular weight is 243 g/mol. The van der Waals surface area contributed by atoms with Gasteiger partial charge in [0.15, 0.2) is 0 Å². The second-order valence-corrected chi connectivity index (χ2v) is 5.15. The van der Waals surface area contributed by atoms with E-state index in [0.717, 1.165) is 5.69 Å². The van der Waals surface area contributed by atoms with Crippen LogP contribution in [0.1, 0.15) is 17.8 Å². The SMILES string of the molecule is CC(Nc1cn[nH]c1)c1cc2ccccc2s1. The summed E-state index contributed by atoms with van der Waals surface area (Å²) in [4.78, 5) is 1.34. The van der Waals surface area contributed by atoms with Gasteiger partial charge in [0.1, 0.15) is 0 Å². The quantitative estimate of drug-likeness (QED) is 0.734. The average Bonchev–Trinajstić information content (AvgIpc) is 2.96. The Balaban J connectivity index is 1.88. The van der Waals surface area contributed by atoms with E-state index in [1.54, 1.807) is 6.20 Å². The smallest absolute Gasteiger partial charge is 0.0728 e. The number of hydrogen-bond donors (Lipinski definition) is 2. The van der Waals surface area contributed by atoms with Gasteiger partial charge in [0, 0.05) is 15.8 Å². The molecule has 0 radical (unpaired) electrons. The van der Waals surface area contributed by atoms with E-state index < -0.39 is 0 Å². The summed E-state index contributed by atoms with van der Waals surface area (Å²) in [5.74, 6) is 0. The number of benzene rings is 1. The van der Waals surface area contributed by atoms with Crippen LogP contribution in [0.4, 0.5) is 5.69 Å². The van der Waals surface area contributed by atoms with Crippen LogP contribution in [0.2, 0.25) is 0 Å². The van der Waals surface area contributed by atoms with Crippen molar-refractivity contribution >= 4 is 27.1 Å². The molecular weight excluding hydrogens is 230 g/mol. The Hall–Kier alpha value is -1.81. The Kier molecular flexibility index (Phi) is 2.57. The van der Waals surface area contributed by atoms with E-state index in [2.05, 4.69) is 52.8 Å². The van der Waals surface area contributed by atoms with Gasteiger partial charge in [0.05, 0.1) is 17.9 Å². The zero-order valence-electron chi connectivity index (χ0n) is 9.47. The third-order valence-electron chi connectivity index (χ3n) is 2.75. The molecule has 0 aliphatic rings. The highest BCUT2D eigenvalue weighted by Gasteiger charge is 2.09. The molecule has 2 heterocycles. The van der Waals surface area contributed by atoms with Crippen molar-refractivity contribution in [3.05, 3.63) is 47.6 Å². The van der Waals surface area contributed by atoms with Gasteiger partial charge in [-0.3, -0.25) is 5.10 Å². The highest BCUT2D eigenvalue weighted by molar-refractivity contribution is 7.19. The van der Waals surface area contributed by atoms with Gasteiger partial charge in [-0.1, -0.05) is 18.2 Å². The fraction of sp³-hybridized carbons (Fsp3) is 0.154. The lowest BCUT2D eigenvalue weighted by atomic mass is 10.2. The molecule has 4 heteroatoms. The minimum absolute atomic E-state index is 0.296. The van der Waals surface area contributed by atoms with E-state index >= 15 is 0 Å². The minimum Gasteiger partial charge on any atom is -0.375 e. The zero-order chi connectivity index (χ0) is 11.7. The normalized spacial score (nSPS) is 12.8. The molecule has 0 spiro atoms. The van der Waals surface area contributed by atoms with Gasteiger partial charge in [-0.2, -0.15) is 5.10 Å². The van der Waals surface area contributed by atoms with E-state index in [-0.39, 0.29) is 0 Å². The van der Waals surface area contributed by atoms with E-state index in [1.807, 2.05) is 17.5 Å². The summed E-state index contributed by atoms with van der Waals surface area (Å²) < 4.78 is 1.34. The van der Waals surface area contributed by atoms with Crippen molar-refractivity contribution in [2.45, 2.75) is 13.0 Å². The molecule has 1 unspecified atom stereocenters. The number of thiophene rings is 1. The van der Waals surface area contributed by atoms with Gasteiger partial charge < -0.3 is 5.32 Å². The van der Waals surface area contributed by atoms with Crippen molar-refractivity contribution in [3.8, 4) is 0 Å². The molecule has 3 rings (SSSR count). The number of rotatable bonds is 3. The van der Waals surface area contributed by atoms with Crippen LogP contribution in [-0.4, -0.2) is 10.2 Å². The fourth-order valence-corrected chi connectivity index (χ4v) is 2.93. The van der Waals surface area contributed by atoms with Crippen LogP contribution in [0.5, 0.6) is 0 Å². The number of nitrogens with zero attached hydrogens (tertiary/aromatic N) is 1. The molecule has 3 aromatic rings. The zero-order valence-corrected chi connectivity index (χ0v) is 10.3. The van der Waals surface area contributed by atoms with Crippen molar-refractivity contribution in [1.29, 1.82) is 0 Å². The first-order valence-corrected chi connectivity index (χ1v) is 6.38. The Labute approximate surface area is 103 Å². The maximum Gasteiger partial charge on any atom is 0.0728 e. The monoisotopic (exact) mass is 243 g/mol. The van der Waals surface area contributed by atoms with Gasteiger partial charge in [-0.05, 0) is 24.4 Å². The number of hydrogen-bond acceptors (Lipinski definition) is 3. The first-order valence-electron chi connectivity index (χ1n) is 5.57. The van der Waals surface area contributed by atoms with Gasteiger partial charge in [0.2, 0.25) is 0 Å². The van der Waals surface area contributed by atoms with Crippen LogP contribution < -0.4 is 5.32 Å². The van der Waals surface area contributed by atoms with Gasteiger partial charge in [-0.15, -0.1) is 11.3 Å². The van der Waals surface area contributed by atoms with Gasteiger partial charge in [0.25, 0.3) is 0 Å². The van der Waals surface area contributed by atoms with E-state index in [4.69, 9.17) is 0 Å². The standard InChI is InChI=1S/C13H13N3S/c1-9(16-11-7-14-15-8-11)13-6-10-4-2-3-5-12(10)17-13/h2-9,16H,1H3,(H,14,15). The maximum absolute atomic E-state index is 3.93. The van der Waals surface area contributed by atoms with Crippen molar-refractivity contribution in [2.75, 3.05) is 5.32 Å². The van der Waals surface area contributed by atoms with Crippen molar-refractivity contribution in [1.82, 2.24) is 10.2 Å². The molecule has 0 aliphatic heterocycles. The molecule has 2 aromatic heterocycles. The number of aromatic nitrogens is 2. The van der Waals surface area contributed by atoms with E-state index in [0.29, 0.717) is 6.04 Å². The van der Waals surface area contributed by atoms with Crippen LogP contribution in [0, 0.1) is 0 Å². The molecule has 17 heavy (non-hydrogen) atoms. The number of anilines is 1. The predicted octanol–water partition coefficient (Wildman–Crippen LogP) is 3.80. The maximum atomic E-state index is 3.93. The Morgan fingerprint density at radius 3 is 3.00 bits per heavy atom. The predicted molar refractivity (Wildman–Crippen MR) is 72.5 cm³/mol. The second-order valence-electron chi connectivity index (χ2n) is 4.04. The molecule has 0 saturated heterocycles. The largest absolute Gasteiger partial charge is 0.375 e. The lowest BCUT2D eigenvalue weighted by Crippen LogP contribution is -2.03. The Morgan fingerprint density at radius 2 is 2.24 bits per heavy atom. The summed E-state index contributed by atoms with van der Waals surface area (Å²) in [7, 11) is 0. The van der Waals surface area contributed by atoms with Crippen molar-refractivity contribution < 1.29 is 0 Å². The second kappa shape index (κ2) is 4.22. The summed E-state index contributed by atoms with van der Waals surface area (Å²) in [6, 6.07) is 11.0. The number of nitrogens with one attached hydrogen (secondary N) is 2. The lowest BCUT2D eigenvalue weighted by molar-refractivity contribution is 0.909. The molecule has 1 atom stereocenters. The topological polar surface area (TPSA) is 40.7 Å². The molecule has 0 saturated carbocycles. The summed E-state index contributed by atoms with van der Waals surface area (Å²) >= 11 is 1.83.